The summed E-state index contributed by atoms with van der Waals surface area (Å²) >= 11 is 9.38. The number of benzene rings is 2. The Morgan fingerprint density at radius 1 is 1.24 bits per heavy atom. The molecule has 0 radical (unpaired) electrons. The van der Waals surface area contributed by atoms with Gasteiger partial charge in [-0.1, -0.05) is 29.8 Å². The van der Waals surface area contributed by atoms with Crippen LogP contribution >= 0.6 is 27.5 Å². The summed E-state index contributed by atoms with van der Waals surface area (Å²) in [7, 11) is 0. The zero-order chi connectivity index (χ0) is 18.1. The molecule has 1 heterocycles. The second-order valence-corrected chi connectivity index (χ2v) is 7.53. The van der Waals surface area contributed by atoms with Crippen LogP contribution in [0.4, 0.5) is 11.4 Å². The van der Waals surface area contributed by atoms with Gasteiger partial charge in [-0.15, -0.1) is 0 Å². The number of carbonyl (C=O) groups is 2. The molecule has 0 saturated carbocycles. The number of hydrogen-bond acceptors (Lipinski definition) is 2. The summed E-state index contributed by atoms with van der Waals surface area (Å²) < 4.78 is 0.768. The highest BCUT2D eigenvalue weighted by Gasteiger charge is 2.36. The summed E-state index contributed by atoms with van der Waals surface area (Å²) in [6.07, 6.45) is 0.212. The maximum atomic E-state index is 12.6. The molecule has 0 bridgehead atoms. The Labute approximate surface area is 160 Å². The van der Waals surface area contributed by atoms with Crippen LogP contribution in [-0.4, -0.2) is 18.4 Å². The average Bonchev–Trinajstić information content (AvgIpc) is 2.93. The largest absolute Gasteiger partial charge is 0.326 e. The average molecular weight is 422 g/mol. The molecule has 130 valence electrons. The number of aryl methyl sites for hydroxylation is 2. The van der Waals surface area contributed by atoms with E-state index >= 15 is 0 Å². The van der Waals surface area contributed by atoms with Crippen molar-refractivity contribution in [3.05, 3.63) is 57.0 Å². The molecule has 1 N–H and O–H groups in total. The van der Waals surface area contributed by atoms with E-state index in [9.17, 15) is 9.59 Å². The zero-order valence-corrected chi connectivity index (χ0v) is 16.3. The lowest BCUT2D eigenvalue weighted by Gasteiger charge is -2.21. The Morgan fingerprint density at radius 3 is 2.56 bits per heavy atom. The quantitative estimate of drug-likeness (QED) is 0.780. The van der Waals surface area contributed by atoms with Crippen molar-refractivity contribution in [2.24, 2.45) is 5.92 Å². The van der Waals surface area contributed by atoms with E-state index in [1.165, 1.54) is 0 Å². The van der Waals surface area contributed by atoms with Crippen LogP contribution in [0.25, 0.3) is 0 Å². The molecule has 1 saturated heterocycles. The van der Waals surface area contributed by atoms with Crippen LogP contribution in [0.1, 0.15) is 17.5 Å². The van der Waals surface area contributed by atoms with Crippen LogP contribution in [-0.2, 0) is 9.59 Å². The minimum Gasteiger partial charge on any atom is -0.326 e. The van der Waals surface area contributed by atoms with Crippen LogP contribution in [0.2, 0.25) is 5.02 Å². The fourth-order valence-electron chi connectivity index (χ4n) is 3.15. The molecule has 3 rings (SSSR count). The van der Waals surface area contributed by atoms with Crippen LogP contribution in [0.3, 0.4) is 0 Å². The second-order valence-electron chi connectivity index (χ2n) is 6.26. The first-order valence-electron chi connectivity index (χ1n) is 7.99. The van der Waals surface area contributed by atoms with Crippen molar-refractivity contribution in [3.63, 3.8) is 0 Å². The van der Waals surface area contributed by atoms with Gasteiger partial charge in [0.05, 0.1) is 10.9 Å². The summed E-state index contributed by atoms with van der Waals surface area (Å²) in [5, 5.41) is 3.38. The molecule has 1 aliphatic rings. The lowest BCUT2D eigenvalue weighted by molar-refractivity contribution is -0.122. The van der Waals surface area contributed by atoms with E-state index in [1.54, 1.807) is 23.1 Å². The van der Waals surface area contributed by atoms with Crippen molar-refractivity contribution < 1.29 is 9.59 Å². The molecule has 2 amide bonds. The Kier molecular flexibility index (Phi) is 5.16. The number of nitrogens with zero attached hydrogens (tertiary/aromatic N) is 1. The first kappa shape index (κ1) is 18.0. The monoisotopic (exact) mass is 420 g/mol. The molecule has 25 heavy (non-hydrogen) atoms. The van der Waals surface area contributed by atoms with E-state index in [0.717, 1.165) is 21.3 Å². The maximum Gasteiger partial charge on any atom is 0.229 e. The molecule has 4 nitrogen and oxygen atoms in total. The van der Waals surface area contributed by atoms with Crippen LogP contribution in [0.15, 0.2) is 40.9 Å². The van der Waals surface area contributed by atoms with E-state index in [2.05, 4.69) is 21.2 Å². The summed E-state index contributed by atoms with van der Waals surface area (Å²) in [6, 6.07) is 11.2. The number of rotatable bonds is 3. The first-order chi connectivity index (χ1) is 11.9. The van der Waals surface area contributed by atoms with Crippen molar-refractivity contribution >= 4 is 50.7 Å². The smallest absolute Gasteiger partial charge is 0.229 e. The molecule has 0 aliphatic carbocycles. The molecule has 2 aromatic rings. The van der Waals surface area contributed by atoms with E-state index < -0.39 is 0 Å². The zero-order valence-electron chi connectivity index (χ0n) is 14.0. The Hall–Kier alpha value is -1.85. The minimum atomic E-state index is -0.381. The lowest BCUT2D eigenvalue weighted by Crippen LogP contribution is -2.29. The lowest BCUT2D eigenvalue weighted by atomic mass is 10.1. The number of anilines is 2. The van der Waals surface area contributed by atoms with Gasteiger partial charge in [0, 0.05) is 28.8 Å². The molecule has 0 spiro atoms. The van der Waals surface area contributed by atoms with Crippen LogP contribution in [0.5, 0.6) is 0 Å². The third-order valence-electron chi connectivity index (χ3n) is 4.39. The summed E-state index contributed by atoms with van der Waals surface area (Å²) in [5.74, 6) is -0.569. The Balaban J connectivity index is 1.75. The van der Waals surface area contributed by atoms with Gasteiger partial charge in [0.1, 0.15) is 0 Å². The van der Waals surface area contributed by atoms with Gasteiger partial charge in [-0.05, 0) is 59.1 Å². The van der Waals surface area contributed by atoms with Gasteiger partial charge >= 0.3 is 0 Å². The van der Waals surface area contributed by atoms with Gasteiger partial charge in [-0.3, -0.25) is 9.59 Å². The highest BCUT2D eigenvalue weighted by atomic mass is 79.9. The molecule has 1 fully saturated rings. The molecule has 0 aromatic heterocycles. The standard InChI is InChI=1S/C19H18BrClN2O2/c1-11-4-3-5-12(2)18(11)23-10-13(8-17(23)24)19(25)22-14-6-7-15(20)16(21)9-14/h3-7,9,13H,8,10H2,1-2H3,(H,22,25)/t13-/m1/s1. The fourth-order valence-corrected chi connectivity index (χ4v) is 3.58. The van der Waals surface area contributed by atoms with Gasteiger partial charge in [-0.25, -0.2) is 0 Å². The number of para-hydroxylation sites is 1. The number of amides is 2. The van der Waals surface area contributed by atoms with Gasteiger partial charge < -0.3 is 10.2 Å². The molecule has 1 atom stereocenters. The van der Waals surface area contributed by atoms with Crippen LogP contribution < -0.4 is 10.2 Å². The van der Waals surface area contributed by atoms with Gasteiger partial charge in [-0.2, -0.15) is 0 Å². The summed E-state index contributed by atoms with van der Waals surface area (Å²) in [5.41, 5.74) is 3.61. The number of hydrogen-bond donors (Lipinski definition) is 1. The fraction of sp³-hybridized carbons (Fsp3) is 0.263. The normalized spacial score (nSPS) is 17.0. The molecule has 1 aliphatic heterocycles. The molecule has 2 aromatic carbocycles. The molecular weight excluding hydrogens is 404 g/mol. The van der Waals surface area contributed by atoms with Crippen molar-refractivity contribution in [1.29, 1.82) is 0 Å². The van der Waals surface area contributed by atoms with E-state index in [1.807, 2.05) is 32.0 Å². The van der Waals surface area contributed by atoms with Crippen LogP contribution in [0, 0.1) is 19.8 Å². The highest BCUT2D eigenvalue weighted by Crippen LogP contribution is 2.32. The SMILES string of the molecule is Cc1cccc(C)c1N1C[C@H](C(=O)Nc2ccc(Br)c(Cl)c2)CC1=O. The van der Waals surface area contributed by atoms with E-state index in [-0.39, 0.29) is 24.2 Å². The van der Waals surface area contributed by atoms with E-state index in [0.29, 0.717) is 17.3 Å². The third-order valence-corrected chi connectivity index (χ3v) is 5.62. The Bertz CT molecular complexity index is 833. The van der Waals surface area contributed by atoms with Crippen molar-refractivity contribution in [2.45, 2.75) is 20.3 Å². The predicted molar refractivity (Wildman–Crippen MR) is 104 cm³/mol. The topological polar surface area (TPSA) is 49.4 Å². The number of carbonyl (C=O) groups excluding carboxylic acids is 2. The number of nitrogens with one attached hydrogen (secondary N) is 1. The minimum absolute atomic E-state index is 0.0219. The number of halogens is 2. The third kappa shape index (κ3) is 3.72. The Morgan fingerprint density at radius 2 is 1.92 bits per heavy atom. The maximum absolute atomic E-state index is 12.6. The summed E-state index contributed by atoms with van der Waals surface area (Å²) in [4.78, 5) is 26.7. The van der Waals surface area contributed by atoms with Gasteiger partial charge in [0.25, 0.3) is 0 Å². The van der Waals surface area contributed by atoms with Crippen molar-refractivity contribution in [3.8, 4) is 0 Å². The molecule has 0 unspecified atom stereocenters. The van der Waals surface area contributed by atoms with Gasteiger partial charge in [0.2, 0.25) is 11.8 Å². The first-order valence-corrected chi connectivity index (χ1v) is 9.16. The molecule has 6 heteroatoms. The highest BCUT2D eigenvalue weighted by molar-refractivity contribution is 9.10. The predicted octanol–water partition coefficient (Wildman–Crippen LogP) is 4.71. The van der Waals surface area contributed by atoms with Crippen molar-refractivity contribution in [2.75, 3.05) is 16.8 Å². The van der Waals surface area contributed by atoms with Crippen molar-refractivity contribution in [1.82, 2.24) is 0 Å². The van der Waals surface area contributed by atoms with Gasteiger partial charge in [0.15, 0.2) is 0 Å². The second kappa shape index (κ2) is 7.18. The van der Waals surface area contributed by atoms with E-state index in [4.69, 9.17) is 11.6 Å². The molecular formula is C19H18BrClN2O2. The summed E-state index contributed by atoms with van der Waals surface area (Å²) in [6.45, 7) is 4.35.